The summed E-state index contributed by atoms with van der Waals surface area (Å²) in [6.45, 7) is 4.25. The molecule has 1 aliphatic carbocycles. The first-order chi connectivity index (χ1) is 19.5. The number of carbonyl (C=O) groups excluding carboxylic acids is 1. The van der Waals surface area contributed by atoms with Gasteiger partial charge in [0.25, 0.3) is 0 Å². The average Bonchev–Trinajstić information content (AvgIpc) is 3.81. The smallest absolute Gasteiger partial charge is 0.346 e. The number of rotatable bonds is 16. The van der Waals surface area contributed by atoms with Crippen LogP contribution >= 0.6 is 11.8 Å². The first-order valence-electron chi connectivity index (χ1n) is 14.4. The Morgan fingerprint density at radius 1 is 0.900 bits per heavy atom. The second kappa shape index (κ2) is 15.1. The van der Waals surface area contributed by atoms with Crippen LogP contribution in [0.15, 0.2) is 53.9 Å². The zero-order valence-electron chi connectivity index (χ0n) is 23.3. The Labute approximate surface area is 240 Å². The van der Waals surface area contributed by atoms with Crippen molar-refractivity contribution in [2.24, 2.45) is 5.92 Å². The van der Waals surface area contributed by atoms with Crippen molar-refractivity contribution in [2.75, 3.05) is 5.75 Å². The largest absolute Gasteiger partial charge is 0.487 e. The summed E-state index contributed by atoms with van der Waals surface area (Å²) in [5, 5.41) is 0.752. The summed E-state index contributed by atoms with van der Waals surface area (Å²) in [5.74, 6) is -1.97. The molecular weight excluding hydrogens is 530 g/mol. The van der Waals surface area contributed by atoms with E-state index in [9.17, 15) is 13.6 Å². The van der Waals surface area contributed by atoms with Crippen LogP contribution in [0.3, 0.4) is 0 Å². The molecule has 0 aliphatic heterocycles. The van der Waals surface area contributed by atoms with E-state index in [1.807, 2.05) is 6.92 Å². The molecule has 5 nitrogen and oxygen atoms in total. The normalized spacial score (nSPS) is 13.7. The van der Waals surface area contributed by atoms with Gasteiger partial charge in [-0.1, -0.05) is 76.3 Å². The van der Waals surface area contributed by atoms with E-state index in [0.717, 1.165) is 54.1 Å². The lowest BCUT2D eigenvalue weighted by atomic mass is 10.1. The number of hydrogen-bond donors (Lipinski definition) is 0. The Balaban J connectivity index is 1.30. The molecule has 8 heteroatoms. The first kappa shape index (κ1) is 30.0. The van der Waals surface area contributed by atoms with Crippen LogP contribution < -0.4 is 9.47 Å². The number of carbonyl (C=O) groups is 1. The summed E-state index contributed by atoms with van der Waals surface area (Å²) in [7, 11) is 0. The predicted molar refractivity (Wildman–Crippen MR) is 155 cm³/mol. The van der Waals surface area contributed by atoms with Gasteiger partial charge in [0.15, 0.2) is 16.7 Å². The monoisotopic (exact) mass is 568 g/mol. The quantitative estimate of drug-likeness (QED) is 0.0565. The van der Waals surface area contributed by atoms with Crippen molar-refractivity contribution in [3.63, 3.8) is 0 Å². The summed E-state index contributed by atoms with van der Waals surface area (Å²) >= 11 is 1.66. The number of hydrogen-bond acceptors (Lipinski definition) is 6. The molecule has 0 bridgehead atoms. The highest BCUT2D eigenvalue weighted by molar-refractivity contribution is 7.99. The molecule has 0 amide bonds. The van der Waals surface area contributed by atoms with Gasteiger partial charge in [0, 0.05) is 23.7 Å². The molecule has 0 N–H and O–H groups in total. The number of benzene rings is 2. The molecule has 0 radical (unpaired) electrons. The highest BCUT2D eigenvalue weighted by Gasteiger charge is 2.33. The SMILES string of the molecule is CCCCCCCCSc1ncc(-c2ccc(OC(=O)c3ccc(OC(CCC)C4CC4)c(F)c3F)cc2)cn1. The summed E-state index contributed by atoms with van der Waals surface area (Å²) < 4.78 is 40.6. The van der Waals surface area contributed by atoms with Crippen LogP contribution in [0.1, 0.15) is 88.4 Å². The van der Waals surface area contributed by atoms with Crippen molar-refractivity contribution in [1.82, 2.24) is 9.97 Å². The van der Waals surface area contributed by atoms with Gasteiger partial charge in [-0.25, -0.2) is 19.2 Å². The van der Waals surface area contributed by atoms with Gasteiger partial charge in [-0.3, -0.25) is 0 Å². The summed E-state index contributed by atoms with van der Waals surface area (Å²) in [6.07, 6.45) is 14.7. The van der Waals surface area contributed by atoms with Crippen LogP contribution in [0.2, 0.25) is 0 Å². The molecule has 1 fully saturated rings. The van der Waals surface area contributed by atoms with E-state index in [4.69, 9.17) is 9.47 Å². The van der Waals surface area contributed by atoms with Crippen molar-refractivity contribution in [2.45, 2.75) is 89.3 Å². The van der Waals surface area contributed by atoms with Crippen molar-refractivity contribution in [1.29, 1.82) is 0 Å². The second-order valence-corrected chi connectivity index (χ2v) is 11.4. The van der Waals surface area contributed by atoms with E-state index in [0.29, 0.717) is 5.92 Å². The highest BCUT2D eigenvalue weighted by Crippen LogP contribution is 2.38. The van der Waals surface area contributed by atoms with Gasteiger partial charge in [0.1, 0.15) is 11.9 Å². The van der Waals surface area contributed by atoms with Crippen LogP contribution in [0.4, 0.5) is 8.78 Å². The fraction of sp³-hybridized carbons (Fsp3) is 0.469. The van der Waals surface area contributed by atoms with Gasteiger partial charge in [0.2, 0.25) is 5.82 Å². The number of halogens is 2. The molecular formula is C32H38F2N2O3S. The zero-order chi connectivity index (χ0) is 28.3. The number of esters is 1. The Morgan fingerprint density at radius 3 is 2.27 bits per heavy atom. The molecule has 1 atom stereocenters. The molecule has 4 rings (SSSR count). The average molecular weight is 569 g/mol. The molecule has 0 saturated heterocycles. The minimum absolute atomic E-state index is 0.138. The lowest BCUT2D eigenvalue weighted by Crippen LogP contribution is -2.20. The first-order valence-corrected chi connectivity index (χ1v) is 15.4. The van der Waals surface area contributed by atoms with Crippen LogP contribution in [0.25, 0.3) is 11.1 Å². The number of ether oxygens (including phenoxy) is 2. The van der Waals surface area contributed by atoms with Crippen LogP contribution in [0, 0.1) is 17.6 Å². The van der Waals surface area contributed by atoms with Crippen LogP contribution in [0.5, 0.6) is 11.5 Å². The molecule has 1 aromatic heterocycles. The number of unbranched alkanes of at least 4 members (excludes halogenated alkanes) is 5. The zero-order valence-corrected chi connectivity index (χ0v) is 24.2. The van der Waals surface area contributed by atoms with Crippen molar-refractivity contribution < 1.29 is 23.0 Å². The maximum atomic E-state index is 14.8. The van der Waals surface area contributed by atoms with Gasteiger partial charge in [-0.2, -0.15) is 4.39 Å². The fourth-order valence-electron chi connectivity index (χ4n) is 4.55. The molecule has 1 saturated carbocycles. The van der Waals surface area contributed by atoms with E-state index in [2.05, 4.69) is 16.9 Å². The van der Waals surface area contributed by atoms with Crippen molar-refractivity contribution in [3.05, 3.63) is 66.0 Å². The second-order valence-electron chi connectivity index (χ2n) is 10.3. The Kier molecular flexibility index (Phi) is 11.3. The van der Waals surface area contributed by atoms with Gasteiger partial charge in [-0.05, 0) is 61.4 Å². The highest BCUT2D eigenvalue weighted by atomic mass is 32.2. The van der Waals surface area contributed by atoms with E-state index < -0.39 is 23.2 Å². The van der Waals surface area contributed by atoms with Crippen LogP contribution in [-0.4, -0.2) is 27.8 Å². The maximum absolute atomic E-state index is 14.8. The molecule has 1 aliphatic rings. The Bertz CT molecular complexity index is 1230. The summed E-state index contributed by atoms with van der Waals surface area (Å²) in [4.78, 5) is 21.5. The lowest BCUT2D eigenvalue weighted by Gasteiger charge is -2.19. The summed E-state index contributed by atoms with van der Waals surface area (Å²) in [5.41, 5.74) is 1.20. The van der Waals surface area contributed by atoms with Crippen LogP contribution in [-0.2, 0) is 0 Å². The Hall–Kier alpha value is -3.00. The number of thioether (sulfide) groups is 1. The third-order valence-corrected chi connectivity index (χ3v) is 7.98. The van der Waals surface area contributed by atoms with E-state index in [1.54, 1.807) is 48.4 Å². The van der Waals surface area contributed by atoms with Gasteiger partial charge in [-0.15, -0.1) is 0 Å². The van der Waals surface area contributed by atoms with E-state index in [-0.39, 0.29) is 17.6 Å². The molecule has 40 heavy (non-hydrogen) atoms. The van der Waals surface area contributed by atoms with E-state index >= 15 is 0 Å². The lowest BCUT2D eigenvalue weighted by molar-refractivity contribution is 0.0728. The molecule has 1 heterocycles. The number of nitrogens with zero attached hydrogens (tertiary/aromatic N) is 2. The van der Waals surface area contributed by atoms with Gasteiger partial charge in [0.05, 0.1) is 5.56 Å². The molecule has 214 valence electrons. The third-order valence-electron chi connectivity index (χ3n) is 7.02. The van der Waals surface area contributed by atoms with Gasteiger partial charge >= 0.3 is 5.97 Å². The molecule has 0 spiro atoms. The standard InChI is InChI=1S/C32H38F2N2O3S/c1-3-5-6-7-8-9-19-40-32-35-20-24(21-36-32)22-13-15-25(16-14-22)38-31(37)26-17-18-28(30(34)29(26)33)39-27(10-4-2)23-11-12-23/h13-18,20-21,23,27H,3-12,19H2,1-2H3. The third kappa shape index (κ3) is 8.50. The number of aromatic nitrogens is 2. The summed E-state index contributed by atoms with van der Waals surface area (Å²) in [6, 6.07) is 9.26. The molecule has 1 unspecified atom stereocenters. The Morgan fingerprint density at radius 2 is 1.60 bits per heavy atom. The topological polar surface area (TPSA) is 61.3 Å². The predicted octanol–water partition coefficient (Wildman–Crippen LogP) is 9.05. The van der Waals surface area contributed by atoms with Crippen molar-refractivity contribution in [3.8, 4) is 22.6 Å². The van der Waals surface area contributed by atoms with Gasteiger partial charge < -0.3 is 9.47 Å². The maximum Gasteiger partial charge on any atom is 0.346 e. The molecule has 2 aromatic carbocycles. The molecule has 3 aromatic rings. The minimum Gasteiger partial charge on any atom is -0.487 e. The van der Waals surface area contributed by atoms with Crippen molar-refractivity contribution >= 4 is 17.7 Å². The fourth-order valence-corrected chi connectivity index (χ4v) is 5.34. The minimum atomic E-state index is -1.27. The van der Waals surface area contributed by atoms with E-state index in [1.165, 1.54) is 44.2 Å².